The van der Waals surface area contributed by atoms with Crippen molar-refractivity contribution in [2.75, 3.05) is 12.4 Å². The van der Waals surface area contributed by atoms with Gasteiger partial charge in [-0.1, -0.05) is 0 Å². The number of nitrogens with two attached hydrogens (primary N) is 1. The standard InChI is InChI=1S/C17H29NOS/c1-11-15(2-3-19-11)20-10-16(18)17-7-12-4-13(8-17)6-14(5-12)9-17/h11-16H,2-10,18H2,1H3. The van der Waals surface area contributed by atoms with Crippen molar-refractivity contribution in [3.8, 4) is 0 Å². The van der Waals surface area contributed by atoms with Crippen LogP contribution in [0.3, 0.4) is 0 Å². The molecule has 3 atom stereocenters. The lowest BCUT2D eigenvalue weighted by Crippen LogP contribution is -2.55. The Bertz CT molecular complexity index is 337. The Morgan fingerprint density at radius 2 is 1.75 bits per heavy atom. The third-order valence-corrected chi connectivity index (χ3v) is 8.27. The second-order valence-corrected chi connectivity index (χ2v) is 9.39. The van der Waals surface area contributed by atoms with Gasteiger partial charge in [-0.25, -0.2) is 0 Å². The smallest absolute Gasteiger partial charge is 0.0666 e. The van der Waals surface area contributed by atoms with E-state index in [1.54, 1.807) is 0 Å². The SMILES string of the molecule is CC1OCCC1SCC(N)C12CC3CC(CC(C3)C1)C2. The van der Waals surface area contributed by atoms with Crippen LogP contribution < -0.4 is 5.73 Å². The maximum Gasteiger partial charge on any atom is 0.0666 e. The zero-order valence-electron chi connectivity index (χ0n) is 12.7. The predicted molar refractivity (Wildman–Crippen MR) is 84.9 cm³/mol. The molecule has 1 saturated heterocycles. The lowest BCUT2D eigenvalue weighted by atomic mass is 9.48. The first-order chi connectivity index (χ1) is 9.64. The first-order valence-corrected chi connectivity index (χ1v) is 9.68. The summed E-state index contributed by atoms with van der Waals surface area (Å²) in [6.07, 6.45) is 10.5. The zero-order valence-corrected chi connectivity index (χ0v) is 13.5. The van der Waals surface area contributed by atoms with Crippen LogP contribution in [0.5, 0.6) is 0 Å². The van der Waals surface area contributed by atoms with E-state index in [2.05, 4.69) is 18.7 Å². The molecular weight excluding hydrogens is 266 g/mol. The molecule has 4 bridgehead atoms. The molecule has 3 unspecified atom stereocenters. The summed E-state index contributed by atoms with van der Waals surface area (Å²) in [4.78, 5) is 0. The van der Waals surface area contributed by atoms with Crippen LogP contribution >= 0.6 is 11.8 Å². The van der Waals surface area contributed by atoms with Gasteiger partial charge in [-0.05, 0) is 75.0 Å². The molecule has 0 aromatic rings. The van der Waals surface area contributed by atoms with Crippen LogP contribution in [0.15, 0.2) is 0 Å². The maximum absolute atomic E-state index is 6.73. The molecule has 5 fully saturated rings. The highest BCUT2D eigenvalue weighted by atomic mass is 32.2. The van der Waals surface area contributed by atoms with Gasteiger partial charge in [-0.15, -0.1) is 0 Å². The Hall–Kier alpha value is 0.270. The number of ether oxygens (including phenoxy) is 1. The van der Waals surface area contributed by atoms with Crippen molar-refractivity contribution in [3.05, 3.63) is 0 Å². The van der Waals surface area contributed by atoms with Crippen LogP contribution in [0.2, 0.25) is 0 Å². The van der Waals surface area contributed by atoms with Crippen molar-refractivity contribution in [3.63, 3.8) is 0 Å². The van der Waals surface area contributed by atoms with Crippen molar-refractivity contribution < 1.29 is 4.74 Å². The molecule has 1 heterocycles. The minimum absolute atomic E-state index is 0.425. The molecule has 2 nitrogen and oxygen atoms in total. The summed E-state index contributed by atoms with van der Waals surface area (Å²) in [7, 11) is 0. The third-order valence-electron chi connectivity index (χ3n) is 6.67. The highest BCUT2D eigenvalue weighted by molar-refractivity contribution is 8.00. The summed E-state index contributed by atoms with van der Waals surface area (Å²) < 4.78 is 5.69. The molecule has 5 aliphatic rings. The second-order valence-electron chi connectivity index (χ2n) is 8.12. The molecule has 1 aliphatic heterocycles. The Labute approximate surface area is 127 Å². The Kier molecular flexibility index (Phi) is 3.59. The summed E-state index contributed by atoms with van der Waals surface area (Å²) in [5.41, 5.74) is 7.25. The van der Waals surface area contributed by atoms with E-state index in [4.69, 9.17) is 10.5 Å². The van der Waals surface area contributed by atoms with Gasteiger partial charge in [-0.2, -0.15) is 11.8 Å². The average molecular weight is 295 g/mol. The van der Waals surface area contributed by atoms with E-state index in [0.717, 1.165) is 30.1 Å². The fourth-order valence-electron chi connectivity index (χ4n) is 5.97. The molecule has 0 radical (unpaired) electrons. The lowest BCUT2D eigenvalue weighted by molar-refractivity contribution is -0.0629. The van der Waals surface area contributed by atoms with Crippen molar-refractivity contribution in [1.82, 2.24) is 0 Å². The van der Waals surface area contributed by atoms with Gasteiger partial charge >= 0.3 is 0 Å². The topological polar surface area (TPSA) is 35.2 Å². The zero-order chi connectivity index (χ0) is 13.7. The highest BCUT2D eigenvalue weighted by Crippen LogP contribution is 2.61. The van der Waals surface area contributed by atoms with E-state index in [-0.39, 0.29) is 0 Å². The summed E-state index contributed by atoms with van der Waals surface area (Å²) in [6, 6.07) is 0.425. The van der Waals surface area contributed by atoms with Crippen LogP contribution in [-0.2, 0) is 4.74 Å². The molecule has 2 N–H and O–H groups in total. The van der Waals surface area contributed by atoms with Crippen LogP contribution in [0, 0.1) is 23.2 Å². The van der Waals surface area contributed by atoms with Gasteiger partial charge in [0.1, 0.15) is 0 Å². The minimum Gasteiger partial charge on any atom is -0.377 e. The summed E-state index contributed by atoms with van der Waals surface area (Å²) in [5, 5.41) is 0.690. The molecule has 5 rings (SSSR count). The molecule has 0 aromatic heterocycles. The van der Waals surface area contributed by atoms with Crippen molar-refractivity contribution >= 4 is 11.8 Å². The molecule has 3 heteroatoms. The van der Waals surface area contributed by atoms with Gasteiger partial charge < -0.3 is 10.5 Å². The van der Waals surface area contributed by atoms with Gasteiger partial charge in [-0.3, -0.25) is 0 Å². The molecule has 114 valence electrons. The van der Waals surface area contributed by atoms with E-state index >= 15 is 0 Å². The van der Waals surface area contributed by atoms with Crippen molar-refractivity contribution in [2.24, 2.45) is 28.9 Å². The normalized spacial score (nSPS) is 51.6. The Morgan fingerprint density at radius 3 is 2.25 bits per heavy atom. The molecular formula is C17H29NOS. The minimum atomic E-state index is 0.425. The third kappa shape index (κ3) is 2.34. The number of rotatable bonds is 4. The maximum atomic E-state index is 6.73. The monoisotopic (exact) mass is 295 g/mol. The molecule has 0 amide bonds. The Morgan fingerprint density at radius 1 is 1.15 bits per heavy atom. The number of hydrogen-bond donors (Lipinski definition) is 1. The van der Waals surface area contributed by atoms with Crippen molar-refractivity contribution in [1.29, 1.82) is 0 Å². The van der Waals surface area contributed by atoms with E-state index < -0.39 is 0 Å². The van der Waals surface area contributed by atoms with Gasteiger partial charge in [0.2, 0.25) is 0 Å². The Balaban J connectivity index is 1.39. The highest BCUT2D eigenvalue weighted by Gasteiger charge is 2.53. The summed E-state index contributed by atoms with van der Waals surface area (Å²) in [6.45, 7) is 3.17. The lowest BCUT2D eigenvalue weighted by Gasteiger charge is -2.59. The van der Waals surface area contributed by atoms with Crippen molar-refractivity contribution in [2.45, 2.75) is 69.3 Å². The van der Waals surface area contributed by atoms with Crippen LogP contribution in [0.25, 0.3) is 0 Å². The van der Waals surface area contributed by atoms with E-state index in [1.807, 2.05) is 0 Å². The van der Waals surface area contributed by atoms with E-state index in [9.17, 15) is 0 Å². The molecule has 0 aromatic carbocycles. The fourth-order valence-corrected chi connectivity index (χ4v) is 7.39. The molecule has 20 heavy (non-hydrogen) atoms. The molecule has 0 spiro atoms. The van der Waals surface area contributed by atoms with Gasteiger partial charge in [0.25, 0.3) is 0 Å². The second kappa shape index (κ2) is 5.17. The van der Waals surface area contributed by atoms with E-state index in [0.29, 0.717) is 22.8 Å². The molecule has 4 saturated carbocycles. The first kappa shape index (κ1) is 13.9. The largest absolute Gasteiger partial charge is 0.377 e. The predicted octanol–water partition coefficient (Wildman–Crippen LogP) is 3.44. The average Bonchev–Trinajstić information content (AvgIpc) is 2.80. The summed E-state index contributed by atoms with van der Waals surface area (Å²) >= 11 is 2.10. The molecule has 4 aliphatic carbocycles. The quantitative estimate of drug-likeness (QED) is 0.863. The number of hydrogen-bond acceptors (Lipinski definition) is 3. The van der Waals surface area contributed by atoms with Gasteiger partial charge in [0.05, 0.1) is 6.10 Å². The van der Waals surface area contributed by atoms with Crippen LogP contribution in [0.1, 0.15) is 51.9 Å². The summed E-state index contributed by atoms with van der Waals surface area (Å²) in [5.74, 6) is 4.22. The fraction of sp³-hybridized carbons (Fsp3) is 1.00. The first-order valence-electron chi connectivity index (χ1n) is 8.63. The van der Waals surface area contributed by atoms with Crippen LogP contribution in [-0.4, -0.2) is 29.8 Å². The van der Waals surface area contributed by atoms with Gasteiger partial charge in [0, 0.05) is 23.7 Å². The van der Waals surface area contributed by atoms with Gasteiger partial charge in [0.15, 0.2) is 0 Å². The van der Waals surface area contributed by atoms with Crippen LogP contribution in [0.4, 0.5) is 0 Å². The number of thioether (sulfide) groups is 1. The van der Waals surface area contributed by atoms with E-state index in [1.165, 1.54) is 44.9 Å².